The lowest BCUT2D eigenvalue weighted by Gasteiger charge is -2.33. The van der Waals surface area contributed by atoms with Gasteiger partial charge < -0.3 is 14.6 Å². The molecule has 1 aromatic heterocycles. The Balaban J connectivity index is 1.73. The van der Waals surface area contributed by atoms with Crippen LogP contribution < -0.4 is 0 Å². The molecular weight excluding hydrogens is 276 g/mol. The molecule has 0 radical (unpaired) electrons. The van der Waals surface area contributed by atoms with Gasteiger partial charge in [0, 0.05) is 24.0 Å². The SMILES string of the molecule is O=C(c1cc[nH]c1)N1CCOC(c2ccc(Cl)cc2)C1. The molecule has 1 aromatic carbocycles. The fraction of sp³-hybridized carbons (Fsp3) is 0.267. The standard InChI is InChI=1S/C15H15ClN2O2/c16-13-3-1-11(2-4-13)14-10-18(7-8-20-14)15(19)12-5-6-17-9-12/h1-6,9,14,17H,7-8,10H2. The number of amides is 1. The van der Waals surface area contributed by atoms with Gasteiger partial charge in [0.1, 0.15) is 6.10 Å². The zero-order chi connectivity index (χ0) is 13.9. The minimum absolute atomic E-state index is 0.0357. The third-order valence-corrected chi connectivity index (χ3v) is 3.69. The van der Waals surface area contributed by atoms with Crippen LogP contribution in [0.4, 0.5) is 0 Å². The van der Waals surface area contributed by atoms with Crippen LogP contribution in [0.15, 0.2) is 42.7 Å². The molecule has 104 valence electrons. The van der Waals surface area contributed by atoms with Crippen molar-refractivity contribution in [2.75, 3.05) is 19.7 Å². The number of nitrogens with zero attached hydrogens (tertiary/aromatic N) is 1. The maximum absolute atomic E-state index is 12.3. The summed E-state index contributed by atoms with van der Waals surface area (Å²) in [4.78, 5) is 17.1. The zero-order valence-corrected chi connectivity index (χ0v) is 11.6. The Labute approximate surface area is 122 Å². The van der Waals surface area contributed by atoms with Gasteiger partial charge in [-0.05, 0) is 23.8 Å². The molecule has 1 fully saturated rings. The quantitative estimate of drug-likeness (QED) is 0.924. The molecular formula is C15H15ClN2O2. The molecule has 1 aliphatic rings. The Morgan fingerprint density at radius 2 is 2.10 bits per heavy atom. The summed E-state index contributed by atoms with van der Waals surface area (Å²) in [6.07, 6.45) is 3.38. The molecule has 3 rings (SSSR count). The van der Waals surface area contributed by atoms with Gasteiger partial charge in [-0.1, -0.05) is 23.7 Å². The van der Waals surface area contributed by atoms with E-state index in [2.05, 4.69) is 4.98 Å². The highest BCUT2D eigenvalue weighted by molar-refractivity contribution is 6.30. The van der Waals surface area contributed by atoms with Crippen molar-refractivity contribution in [2.45, 2.75) is 6.10 Å². The predicted molar refractivity (Wildman–Crippen MR) is 76.8 cm³/mol. The lowest BCUT2D eigenvalue weighted by atomic mass is 10.1. The van der Waals surface area contributed by atoms with Gasteiger partial charge in [0.25, 0.3) is 5.91 Å². The van der Waals surface area contributed by atoms with Crippen LogP contribution in [0, 0.1) is 0 Å². The number of nitrogens with one attached hydrogen (secondary N) is 1. The molecule has 0 spiro atoms. The van der Waals surface area contributed by atoms with Gasteiger partial charge in [-0.2, -0.15) is 0 Å². The Morgan fingerprint density at radius 3 is 2.80 bits per heavy atom. The number of aromatic amines is 1. The van der Waals surface area contributed by atoms with Gasteiger partial charge in [-0.25, -0.2) is 0 Å². The molecule has 0 bridgehead atoms. The Hall–Kier alpha value is -1.78. The smallest absolute Gasteiger partial charge is 0.255 e. The predicted octanol–water partition coefficient (Wildman–Crippen LogP) is 2.88. The van der Waals surface area contributed by atoms with Gasteiger partial charge >= 0.3 is 0 Å². The first-order chi connectivity index (χ1) is 9.74. The van der Waals surface area contributed by atoms with Crippen molar-refractivity contribution in [3.05, 3.63) is 58.9 Å². The molecule has 1 aliphatic heterocycles. The van der Waals surface area contributed by atoms with E-state index >= 15 is 0 Å². The third kappa shape index (κ3) is 2.71. The van der Waals surface area contributed by atoms with E-state index in [-0.39, 0.29) is 12.0 Å². The number of hydrogen-bond acceptors (Lipinski definition) is 2. The van der Waals surface area contributed by atoms with E-state index in [1.165, 1.54) is 0 Å². The first kappa shape index (κ1) is 13.2. The van der Waals surface area contributed by atoms with Crippen LogP contribution in [0.5, 0.6) is 0 Å². The molecule has 1 unspecified atom stereocenters. The largest absolute Gasteiger partial charge is 0.370 e. The summed E-state index contributed by atoms with van der Waals surface area (Å²) in [6.45, 7) is 1.73. The second-order valence-corrected chi connectivity index (χ2v) is 5.20. The van der Waals surface area contributed by atoms with Crippen LogP contribution in [0.3, 0.4) is 0 Å². The number of hydrogen-bond donors (Lipinski definition) is 1. The van der Waals surface area contributed by atoms with Crippen LogP contribution in [0.25, 0.3) is 0 Å². The summed E-state index contributed by atoms with van der Waals surface area (Å²) >= 11 is 5.89. The lowest BCUT2D eigenvalue weighted by molar-refractivity contribution is -0.0228. The molecule has 0 saturated carbocycles. The van der Waals surface area contributed by atoms with Crippen LogP contribution >= 0.6 is 11.6 Å². The van der Waals surface area contributed by atoms with Crippen molar-refractivity contribution < 1.29 is 9.53 Å². The molecule has 1 atom stereocenters. The molecule has 5 heteroatoms. The number of carbonyl (C=O) groups excluding carboxylic acids is 1. The average Bonchev–Trinajstić information content (AvgIpc) is 3.01. The summed E-state index contributed by atoms with van der Waals surface area (Å²) < 4.78 is 5.76. The van der Waals surface area contributed by atoms with Gasteiger partial charge in [0.05, 0.1) is 18.7 Å². The molecule has 1 saturated heterocycles. The summed E-state index contributed by atoms with van der Waals surface area (Å²) in [7, 11) is 0. The lowest BCUT2D eigenvalue weighted by Crippen LogP contribution is -2.42. The molecule has 2 heterocycles. The number of rotatable bonds is 2. The van der Waals surface area contributed by atoms with Crippen LogP contribution in [0.2, 0.25) is 5.02 Å². The van der Waals surface area contributed by atoms with Gasteiger partial charge in [0.15, 0.2) is 0 Å². The number of H-pyrrole nitrogens is 1. The van der Waals surface area contributed by atoms with Crippen molar-refractivity contribution in [2.24, 2.45) is 0 Å². The number of carbonyl (C=O) groups is 1. The third-order valence-electron chi connectivity index (χ3n) is 3.44. The van der Waals surface area contributed by atoms with E-state index in [9.17, 15) is 4.79 Å². The van der Waals surface area contributed by atoms with Crippen LogP contribution in [-0.2, 0) is 4.74 Å². The fourth-order valence-electron chi connectivity index (χ4n) is 2.35. The van der Waals surface area contributed by atoms with Crippen molar-refractivity contribution in [1.82, 2.24) is 9.88 Å². The molecule has 2 aromatic rings. The Morgan fingerprint density at radius 1 is 1.30 bits per heavy atom. The minimum atomic E-state index is -0.0936. The first-order valence-corrected chi connectivity index (χ1v) is 6.91. The fourth-order valence-corrected chi connectivity index (χ4v) is 2.48. The summed E-state index contributed by atoms with van der Waals surface area (Å²) in [5.74, 6) is 0.0357. The molecule has 0 aliphatic carbocycles. The second-order valence-electron chi connectivity index (χ2n) is 4.76. The van der Waals surface area contributed by atoms with Crippen LogP contribution in [0.1, 0.15) is 22.0 Å². The average molecular weight is 291 g/mol. The highest BCUT2D eigenvalue weighted by Gasteiger charge is 2.26. The molecule has 4 nitrogen and oxygen atoms in total. The zero-order valence-electron chi connectivity index (χ0n) is 10.9. The summed E-state index contributed by atoms with van der Waals surface area (Å²) in [6, 6.07) is 9.35. The van der Waals surface area contributed by atoms with E-state index in [1.807, 2.05) is 29.2 Å². The normalized spacial score (nSPS) is 19.1. The number of morpholine rings is 1. The highest BCUT2D eigenvalue weighted by atomic mass is 35.5. The van der Waals surface area contributed by atoms with Gasteiger partial charge in [0.2, 0.25) is 0 Å². The van der Waals surface area contributed by atoms with Gasteiger partial charge in [-0.3, -0.25) is 4.79 Å². The van der Waals surface area contributed by atoms with E-state index in [1.54, 1.807) is 18.5 Å². The highest BCUT2D eigenvalue weighted by Crippen LogP contribution is 2.24. The number of ether oxygens (including phenoxy) is 1. The summed E-state index contributed by atoms with van der Waals surface area (Å²) in [5, 5.41) is 0.699. The minimum Gasteiger partial charge on any atom is -0.370 e. The Bertz CT molecular complexity index is 580. The number of benzene rings is 1. The molecule has 20 heavy (non-hydrogen) atoms. The van der Waals surface area contributed by atoms with Crippen molar-refractivity contribution in [3.8, 4) is 0 Å². The first-order valence-electron chi connectivity index (χ1n) is 6.53. The maximum Gasteiger partial charge on any atom is 0.255 e. The van der Waals surface area contributed by atoms with E-state index < -0.39 is 0 Å². The van der Waals surface area contributed by atoms with Gasteiger partial charge in [-0.15, -0.1) is 0 Å². The van der Waals surface area contributed by atoms with Crippen molar-refractivity contribution >= 4 is 17.5 Å². The van der Waals surface area contributed by atoms with Crippen LogP contribution in [-0.4, -0.2) is 35.5 Å². The van der Waals surface area contributed by atoms with E-state index in [0.29, 0.717) is 30.3 Å². The van der Waals surface area contributed by atoms with Crippen molar-refractivity contribution in [3.63, 3.8) is 0 Å². The second kappa shape index (κ2) is 5.69. The van der Waals surface area contributed by atoms with E-state index in [0.717, 1.165) is 5.56 Å². The molecule has 1 amide bonds. The Kier molecular flexibility index (Phi) is 3.76. The molecule has 1 N–H and O–H groups in total. The topological polar surface area (TPSA) is 45.3 Å². The monoisotopic (exact) mass is 290 g/mol. The van der Waals surface area contributed by atoms with Crippen molar-refractivity contribution in [1.29, 1.82) is 0 Å². The maximum atomic E-state index is 12.3. The number of halogens is 1. The summed E-state index contributed by atoms with van der Waals surface area (Å²) in [5.41, 5.74) is 1.72. The number of aromatic nitrogens is 1. The van der Waals surface area contributed by atoms with E-state index in [4.69, 9.17) is 16.3 Å².